The summed E-state index contributed by atoms with van der Waals surface area (Å²) in [6.45, 7) is 4.12. The Bertz CT molecular complexity index is 430. The topological polar surface area (TPSA) is 84.7 Å². The van der Waals surface area contributed by atoms with Crippen molar-refractivity contribution < 1.29 is 18.8 Å². The molecule has 0 saturated heterocycles. The van der Waals surface area contributed by atoms with Crippen LogP contribution in [0.5, 0.6) is 0 Å². The second-order valence-electron chi connectivity index (χ2n) is 4.12. The molecule has 0 unspecified atom stereocenters. The highest BCUT2D eigenvalue weighted by Crippen LogP contribution is 2.07. The van der Waals surface area contributed by atoms with E-state index in [1.165, 1.54) is 12.0 Å². The molecule has 1 N–H and O–H groups in total. The molecule has 1 rings (SSSR count). The van der Waals surface area contributed by atoms with Crippen LogP contribution in [0.3, 0.4) is 0 Å². The van der Waals surface area contributed by atoms with Gasteiger partial charge in [0.2, 0.25) is 11.8 Å². The summed E-state index contributed by atoms with van der Waals surface area (Å²) in [5, 5.41) is 6.23. The normalized spacial score (nSPS) is 10.3. The Morgan fingerprint density at radius 2 is 2.26 bits per heavy atom. The van der Waals surface area contributed by atoms with Gasteiger partial charge in [-0.3, -0.25) is 9.59 Å². The molecule has 0 atom stereocenters. The van der Waals surface area contributed by atoms with Crippen LogP contribution in [0.15, 0.2) is 10.6 Å². The number of aryl methyl sites for hydroxylation is 1. The van der Waals surface area contributed by atoms with E-state index >= 15 is 0 Å². The summed E-state index contributed by atoms with van der Waals surface area (Å²) in [7, 11) is 1.44. The molecule has 0 aliphatic rings. The SMILES string of the molecule is CCCN(CC(=O)Nc1cc(C)on1)C(=O)COC. The molecular weight excluding hydrogens is 250 g/mol. The van der Waals surface area contributed by atoms with Crippen LogP contribution < -0.4 is 5.32 Å². The zero-order chi connectivity index (χ0) is 14.3. The summed E-state index contributed by atoms with van der Waals surface area (Å²) in [4.78, 5) is 25.0. The van der Waals surface area contributed by atoms with Gasteiger partial charge in [-0.25, -0.2) is 0 Å². The molecule has 0 spiro atoms. The lowest BCUT2D eigenvalue weighted by Gasteiger charge is -2.20. The molecule has 1 aromatic rings. The minimum atomic E-state index is -0.314. The number of hydrogen-bond acceptors (Lipinski definition) is 5. The van der Waals surface area contributed by atoms with Gasteiger partial charge in [0.1, 0.15) is 12.4 Å². The van der Waals surface area contributed by atoms with Gasteiger partial charge in [0.25, 0.3) is 0 Å². The predicted molar refractivity (Wildman–Crippen MR) is 68.6 cm³/mol. The van der Waals surface area contributed by atoms with Crippen molar-refractivity contribution in [2.45, 2.75) is 20.3 Å². The molecule has 0 aliphatic carbocycles. The van der Waals surface area contributed by atoms with Crippen molar-refractivity contribution in [3.8, 4) is 0 Å². The number of nitrogens with one attached hydrogen (secondary N) is 1. The molecule has 7 heteroatoms. The predicted octanol–water partition coefficient (Wildman–Crippen LogP) is 0.807. The van der Waals surface area contributed by atoms with Crippen molar-refractivity contribution in [3.63, 3.8) is 0 Å². The Kier molecular flexibility index (Phi) is 6.01. The van der Waals surface area contributed by atoms with E-state index in [1.54, 1.807) is 13.0 Å². The molecule has 1 heterocycles. The molecule has 0 bridgehead atoms. The standard InChI is InChI=1S/C12H19N3O4/c1-4-5-15(12(17)8-18-3)7-11(16)13-10-6-9(2)19-14-10/h6H,4-5,7-8H2,1-3H3,(H,13,14,16). The highest BCUT2D eigenvalue weighted by Gasteiger charge is 2.16. The van der Waals surface area contributed by atoms with Gasteiger partial charge in [-0.05, 0) is 13.3 Å². The van der Waals surface area contributed by atoms with Gasteiger partial charge in [0.15, 0.2) is 5.82 Å². The van der Waals surface area contributed by atoms with E-state index < -0.39 is 0 Å². The van der Waals surface area contributed by atoms with Gasteiger partial charge in [-0.15, -0.1) is 0 Å². The van der Waals surface area contributed by atoms with Crippen molar-refractivity contribution in [1.29, 1.82) is 0 Å². The molecule has 0 aliphatic heterocycles. The number of aromatic nitrogens is 1. The summed E-state index contributed by atoms with van der Waals surface area (Å²) >= 11 is 0. The smallest absolute Gasteiger partial charge is 0.249 e. The molecule has 0 radical (unpaired) electrons. The van der Waals surface area contributed by atoms with Crippen molar-refractivity contribution in [1.82, 2.24) is 10.1 Å². The van der Waals surface area contributed by atoms with Gasteiger partial charge in [-0.2, -0.15) is 0 Å². The van der Waals surface area contributed by atoms with Crippen LogP contribution in [0.1, 0.15) is 19.1 Å². The van der Waals surface area contributed by atoms with E-state index in [0.29, 0.717) is 18.1 Å². The zero-order valence-electron chi connectivity index (χ0n) is 11.4. The van der Waals surface area contributed by atoms with Crippen LogP contribution >= 0.6 is 0 Å². The number of rotatable bonds is 7. The Morgan fingerprint density at radius 1 is 1.53 bits per heavy atom. The summed E-state index contributed by atoms with van der Waals surface area (Å²) in [6, 6.07) is 1.61. The third-order valence-electron chi connectivity index (χ3n) is 2.34. The highest BCUT2D eigenvalue weighted by molar-refractivity contribution is 5.93. The fourth-order valence-electron chi connectivity index (χ4n) is 1.56. The first kappa shape index (κ1) is 15.2. The molecule has 7 nitrogen and oxygen atoms in total. The lowest BCUT2D eigenvalue weighted by molar-refractivity contribution is -0.138. The molecule has 0 saturated carbocycles. The van der Waals surface area contributed by atoms with Crippen molar-refractivity contribution in [2.24, 2.45) is 0 Å². The lowest BCUT2D eigenvalue weighted by atomic mass is 10.3. The maximum Gasteiger partial charge on any atom is 0.249 e. The monoisotopic (exact) mass is 269 g/mol. The maximum absolute atomic E-state index is 11.8. The number of nitrogens with zero attached hydrogens (tertiary/aromatic N) is 2. The lowest BCUT2D eigenvalue weighted by Crippen LogP contribution is -2.40. The van der Waals surface area contributed by atoms with Gasteiger partial charge < -0.3 is 19.5 Å². The third kappa shape index (κ3) is 5.09. The molecule has 2 amide bonds. The number of carbonyl (C=O) groups excluding carboxylic acids is 2. The van der Waals surface area contributed by atoms with E-state index in [-0.39, 0.29) is 25.0 Å². The quantitative estimate of drug-likeness (QED) is 0.791. The second-order valence-corrected chi connectivity index (χ2v) is 4.12. The highest BCUT2D eigenvalue weighted by atomic mass is 16.5. The molecule has 0 aromatic carbocycles. The maximum atomic E-state index is 11.8. The Labute approximate surface area is 111 Å². The van der Waals surface area contributed by atoms with E-state index in [2.05, 4.69) is 10.5 Å². The van der Waals surface area contributed by atoms with Gasteiger partial charge in [-0.1, -0.05) is 12.1 Å². The van der Waals surface area contributed by atoms with Crippen LogP contribution in [-0.2, 0) is 14.3 Å². The number of carbonyl (C=O) groups is 2. The van der Waals surface area contributed by atoms with Crippen molar-refractivity contribution in [3.05, 3.63) is 11.8 Å². The molecule has 19 heavy (non-hydrogen) atoms. The van der Waals surface area contributed by atoms with Crippen LogP contribution in [0.25, 0.3) is 0 Å². The summed E-state index contributed by atoms with van der Waals surface area (Å²) in [6.07, 6.45) is 0.770. The average Bonchev–Trinajstić information content (AvgIpc) is 2.74. The molecular formula is C12H19N3O4. The average molecular weight is 269 g/mol. The Morgan fingerprint density at radius 3 is 2.79 bits per heavy atom. The largest absolute Gasteiger partial charge is 0.375 e. The van der Waals surface area contributed by atoms with Crippen molar-refractivity contribution in [2.75, 3.05) is 32.1 Å². The second kappa shape index (κ2) is 7.52. The van der Waals surface area contributed by atoms with Gasteiger partial charge >= 0.3 is 0 Å². The zero-order valence-corrected chi connectivity index (χ0v) is 11.4. The fourth-order valence-corrected chi connectivity index (χ4v) is 1.56. The first-order valence-corrected chi connectivity index (χ1v) is 6.06. The third-order valence-corrected chi connectivity index (χ3v) is 2.34. The minimum Gasteiger partial charge on any atom is -0.375 e. The van der Waals surface area contributed by atoms with E-state index in [9.17, 15) is 9.59 Å². The summed E-state index contributed by atoms with van der Waals surface area (Å²) in [5.41, 5.74) is 0. The number of methoxy groups -OCH3 is 1. The summed E-state index contributed by atoms with van der Waals surface area (Å²) < 4.78 is 9.62. The van der Waals surface area contributed by atoms with Crippen LogP contribution in [-0.4, -0.2) is 48.7 Å². The van der Waals surface area contributed by atoms with E-state index in [1.807, 2.05) is 6.92 Å². The van der Waals surface area contributed by atoms with Gasteiger partial charge in [0, 0.05) is 19.7 Å². The van der Waals surface area contributed by atoms with Crippen LogP contribution in [0, 0.1) is 6.92 Å². The number of amides is 2. The Balaban J connectivity index is 2.53. The number of hydrogen-bond donors (Lipinski definition) is 1. The minimum absolute atomic E-state index is 0.0259. The summed E-state index contributed by atoms with van der Waals surface area (Å²) in [5.74, 6) is 0.427. The molecule has 1 aromatic heterocycles. The first-order chi connectivity index (χ1) is 9.06. The fraction of sp³-hybridized carbons (Fsp3) is 0.583. The Hall–Kier alpha value is -1.89. The van der Waals surface area contributed by atoms with Gasteiger partial charge in [0.05, 0.1) is 6.54 Å². The van der Waals surface area contributed by atoms with Crippen molar-refractivity contribution >= 4 is 17.6 Å². The van der Waals surface area contributed by atoms with E-state index in [0.717, 1.165) is 6.42 Å². The number of anilines is 1. The molecule has 0 fully saturated rings. The first-order valence-electron chi connectivity index (χ1n) is 6.06. The van der Waals surface area contributed by atoms with E-state index in [4.69, 9.17) is 9.26 Å². The number of ether oxygens (including phenoxy) is 1. The van der Waals surface area contributed by atoms with Crippen LogP contribution in [0.2, 0.25) is 0 Å². The van der Waals surface area contributed by atoms with Crippen LogP contribution in [0.4, 0.5) is 5.82 Å². The molecule has 106 valence electrons.